The van der Waals surface area contributed by atoms with E-state index in [-0.39, 0.29) is 0 Å². The van der Waals surface area contributed by atoms with Crippen molar-refractivity contribution < 1.29 is 0 Å². The molecule has 3 nitrogen and oxygen atoms in total. The third-order valence-corrected chi connectivity index (χ3v) is 4.41. The molecule has 1 fully saturated rings. The molecular weight excluding hydrogens is 258 g/mol. The van der Waals surface area contributed by atoms with Crippen molar-refractivity contribution in [3.63, 3.8) is 0 Å². The molecule has 1 atom stereocenters. The van der Waals surface area contributed by atoms with Gasteiger partial charge in [0.05, 0.1) is 0 Å². The molecule has 0 N–H and O–H groups in total. The van der Waals surface area contributed by atoms with Gasteiger partial charge < -0.3 is 4.90 Å². The van der Waals surface area contributed by atoms with Gasteiger partial charge in [-0.15, -0.1) is 0 Å². The Morgan fingerprint density at radius 3 is 2.48 bits per heavy atom. The number of pyridine rings is 1. The highest BCUT2D eigenvalue weighted by Gasteiger charge is 2.25. The Hall–Kier alpha value is -1.09. The minimum Gasteiger partial charge on any atom is -0.352 e. The van der Waals surface area contributed by atoms with Crippen molar-refractivity contribution in [2.75, 3.05) is 18.0 Å². The minimum absolute atomic E-state index is 0.478. The molecule has 2 heterocycles. The lowest BCUT2D eigenvalue weighted by atomic mass is 10.1. The predicted molar refractivity (Wildman–Crippen MR) is 90.8 cm³/mol. The summed E-state index contributed by atoms with van der Waals surface area (Å²) < 4.78 is 0. The Morgan fingerprint density at radius 2 is 1.95 bits per heavy atom. The second-order valence-electron chi connectivity index (χ2n) is 6.74. The van der Waals surface area contributed by atoms with Gasteiger partial charge in [0.25, 0.3) is 0 Å². The molecule has 1 aliphatic rings. The molecule has 3 heteroatoms. The summed E-state index contributed by atoms with van der Waals surface area (Å²) in [4.78, 5) is 9.75. The highest BCUT2D eigenvalue weighted by Crippen LogP contribution is 2.32. The fraction of sp³-hybridized carbons (Fsp3) is 0.722. The number of nitrogens with zero attached hydrogens (tertiary/aromatic N) is 3. The lowest BCUT2D eigenvalue weighted by Gasteiger charge is -2.32. The van der Waals surface area contributed by atoms with Gasteiger partial charge in [0, 0.05) is 24.3 Å². The summed E-state index contributed by atoms with van der Waals surface area (Å²) in [5.41, 5.74) is 1.39. The van der Waals surface area contributed by atoms with E-state index in [1.807, 2.05) is 0 Å². The molecule has 1 unspecified atom stereocenters. The number of aromatic nitrogens is 1. The van der Waals surface area contributed by atoms with Crippen LogP contribution in [-0.2, 0) is 0 Å². The van der Waals surface area contributed by atoms with Crippen LogP contribution in [0.4, 0.5) is 5.82 Å². The van der Waals surface area contributed by atoms with E-state index in [0.29, 0.717) is 18.1 Å². The smallest absolute Gasteiger partial charge is 0.128 e. The Morgan fingerprint density at radius 1 is 1.24 bits per heavy atom. The molecule has 0 bridgehead atoms. The molecule has 2 rings (SSSR count). The van der Waals surface area contributed by atoms with E-state index in [0.717, 1.165) is 5.82 Å². The quantitative estimate of drug-likeness (QED) is 0.780. The van der Waals surface area contributed by atoms with Crippen LogP contribution in [0.1, 0.15) is 65.5 Å². The standard InChI is InChI=1S/C18H31N3/c1-6-11-20-12-7-8-17(20)16-9-10-18(19-13-16)21(14(2)3)15(4)5/h9-10,13-15,17H,6-8,11-12H2,1-5H3. The van der Waals surface area contributed by atoms with E-state index in [1.165, 1.54) is 37.9 Å². The maximum Gasteiger partial charge on any atom is 0.128 e. The molecule has 0 aliphatic carbocycles. The molecule has 1 aliphatic heterocycles. The van der Waals surface area contributed by atoms with Gasteiger partial charge >= 0.3 is 0 Å². The molecule has 0 amide bonds. The van der Waals surface area contributed by atoms with Crippen molar-refractivity contribution >= 4 is 5.82 Å². The van der Waals surface area contributed by atoms with Crippen molar-refractivity contribution in [1.82, 2.24) is 9.88 Å². The Balaban J connectivity index is 2.14. The predicted octanol–water partition coefficient (Wildman–Crippen LogP) is 4.25. The topological polar surface area (TPSA) is 19.4 Å². The Kier molecular flexibility index (Phi) is 5.63. The Bertz CT molecular complexity index is 417. The first-order valence-corrected chi connectivity index (χ1v) is 8.53. The molecule has 118 valence electrons. The van der Waals surface area contributed by atoms with Crippen LogP contribution in [0.25, 0.3) is 0 Å². The molecular formula is C18H31N3. The van der Waals surface area contributed by atoms with Gasteiger partial charge in [0.2, 0.25) is 0 Å². The van der Waals surface area contributed by atoms with E-state index in [9.17, 15) is 0 Å². The summed E-state index contributed by atoms with van der Waals surface area (Å²) in [6.07, 6.45) is 5.93. The van der Waals surface area contributed by atoms with Gasteiger partial charge in [-0.2, -0.15) is 0 Å². The first-order chi connectivity index (χ1) is 10.0. The maximum absolute atomic E-state index is 4.76. The van der Waals surface area contributed by atoms with Crippen molar-refractivity contribution in [2.45, 2.75) is 72.0 Å². The zero-order chi connectivity index (χ0) is 15.4. The second kappa shape index (κ2) is 7.26. The molecule has 0 aromatic carbocycles. The van der Waals surface area contributed by atoms with Gasteiger partial charge in [0.1, 0.15) is 5.82 Å². The van der Waals surface area contributed by atoms with Crippen LogP contribution < -0.4 is 4.90 Å². The first kappa shape index (κ1) is 16.3. The summed E-state index contributed by atoms with van der Waals surface area (Å²) in [7, 11) is 0. The van der Waals surface area contributed by atoms with Crippen molar-refractivity contribution in [1.29, 1.82) is 0 Å². The fourth-order valence-corrected chi connectivity index (χ4v) is 3.63. The average molecular weight is 289 g/mol. The van der Waals surface area contributed by atoms with Crippen LogP contribution in [0.3, 0.4) is 0 Å². The molecule has 0 spiro atoms. The van der Waals surface area contributed by atoms with E-state index in [4.69, 9.17) is 4.98 Å². The van der Waals surface area contributed by atoms with Crippen LogP contribution in [0.5, 0.6) is 0 Å². The molecule has 21 heavy (non-hydrogen) atoms. The highest BCUT2D eigenvalue weighted by atomic mass is 15.2. The number of hydrogen-bond donors (Lipinski definition) is 0. The van der Waals surface area contributed by atoms with E-state index >= 15 is 0 Å². The summed E-state index contributed by atoms with van der Waals surface area (Å²) in [6, 6.07) is 6.03. The minimum atomic E-state index is 0.478. The summed E-state index contributed by atoms with van der Waals surface area (Å²) in [5.74, 6) is 1.10. The van der Waals surface area contributed by atoms with Crippen molar-refractivity contribution in [2.24, 2.45) is 0 Å². The van der Waals surface area contributed by atoms with Crippen LogP contribution in [0, 0.1) is 0 Å². The van der Waals surface area contributed by atoms with Gasteiger partial charge in [-0.25, -0.2) is 4.98 Å². The zero-order valence-electron chi connectivity index (χ0n) is 14.3. The third kappa shape index (κ3) is 3.76. The zero-order valence-corrected chi connectivity index (χ0v) is 14.3. The average Bonchev–Trinajstić information content (AvgIpc) is 2.87. The van der Waals surface area contributed by atoms with Gasteiger partial charge in [0.15, 0.2) is 0 Å². The maximum atomic E-state index is 4.76. The third-order valence-electron chi connectivity index (χ3n) is 4.41. The molecule has 0 radical (unpaired) electrons. The van der Waals surface area contributed by atoms with Crippen LogP contribution in [0.2, 0.25) is 0 Å². The number of anilines is 1. The lowest BCUT2D eigenvalue weighted by Crippen LogP contribution is -2.37. The van der Waals surface area contributed by atoms with E-state index in [2.05, 4.69) is 62.7 Å². The second-order valence-corrected chi connectivity index (χ2v) is 6.74. The fourth-order valence-electron chi connectivity index (χ4n) is 3.63. The van der Waals surface area contributed by atoms with Gasteiger partial charge in [-0.1, -0.05) is 13.0 Å². The molecule has 1 saturated heterocycles. The summed E-state index contributed by atoms with van der Waals surface area (Å²) >= 11 is 0. The van der Waals surface area contributed by atoms with Gasteiger partial charge in [-0.05, 0) is 71.7 Å². The van der Waals surface area contributed by atoms with Crippen LogP contribution >= 0.6 is 0 Å². The normalized spacial score (nSPS) is 19.7. The number of hydrogen-bond acceptors (Lipinski definition) is 3. The molecule has 1 aromatic heterocycles. The van der Waals surface area contributed by atoms with E-state index < -0.39 is 0 Å². The van der Waals surface area contributed by atoms with Crippen LogP contribution in [0.15, 0.2) is 18.3 Å². The van der Waals surface area contributed by atoms with Crippen molar-refractivity contribution in [3.05, 3.63) is 23.9 Å². The highest BCUT2D eigenvalue weighted by molar-refractivity contribution is 5.41. The van der Waals surface area contributed by atoms with Crippen LogP contribution in [-0.4, -0.2) is 35.1 Å². The number of likely N-dealkylation sites (tertiary alicyclic amines) is 1. The van der Waals surface area contributed by atoms with E-state index in [1.54, 1.807) is 0 Å². The summed E-state index contributed by atoms with van der Waals surface area (Å²) in [5, 5.41) is 0. The first-order valence-electron chi connectivity index (χ1n) is 8.53. The van der Waals surface area contributed by atoms with Gasteiger partial charge in [-0.3, -0.25) is 4.90 Å². The lowest BCUT2D eigenvalue weighted by molar-refractivity contribution is 0.257. The summed E-state index contributed by atoms with van der Waals surface area (Å²) in [6.45, 7) is 13.6. The van der Waals surface area contributed by atoms with Crippen molar-refractivity contribution in [3.8, 4) is 0 Å². The number of rotatable bonds is 6. The molecule has 0 saturated carbocycles. The Labute approximate surface area is 130 Å². The monoisotopic (exact) mass is 289 g/mol. The largest absolute Gasteiger partial charge is 0.352 e. The SMILES string of the molecule is CCCN1CCCC1c1ccc(N(C(C)C)C(C)C)nc1. The molecule has 1 aromatic rings.